The number of rotatable bonds is 7. The van der Waals surface area contributed by atoms with Gasteiger partial charge in [-0.15, -0.1) is 0 Å². The molecule has 0 aromatic rings. The summed E-state index contributed by atoms with van der Waals surface area (Å²) in [6.07, 6.45) is 0.950. The van der Waals surface area contributed by atoms with E-state index < -0.39 is 0 Å². The third kappa shape index (κ3) is 2.79. The fourth-order valence-corrected chi connectivity index (χ4v) is 2.46. The van der Waals surface area contributed by atoms with E-state index in [4.69, 9.17) is 9.47 Å². The molecule has 0 bridgehead atoms. The Labute approximate surface area is 91.0 Å². The molecule has 2 unspecified atom stereocenters. The molecule has 0 aromatic carbocycles. The molecule has 0 aromatic heterocycles. The van der Waals surface area contributed by atoms with E-state index in [1.165, 1.54) is 0 Å². The van der Waals surface area contributed by atoms with Crippen molar-refractivity contribution >= 4 is 10.2 Å². The Morgan fingerprint density at radius 3 is 1.93 bits per heavy atom. The van der Waals surface area contributed by atoms with Crippen LogP contribution in [0.2, 0.25) is 0 Å². The van der Waals surface area contributed by atoms with Crippen LogP contribution in [0.4, 0.5) is 0 Å². The number of nitrogens with one attached hydrogen (secondary N) is 1. The van der Waals surface area contributed by atoms with Crippen LogP contribution in [-0.4, -0.2) is 41.5 Å². The molecule has 2 atom stereocenters. The van der Waals surface area contributed by atoms with Gasteiger partial charge in [0.05, 0.1) is 10.2 Å². The van der Waals surface area contributed by atoms with Crippen LogP contribution in [0.15, 0.2) is 0 Å². The lowest BCUT2D eigenvalue weighted by atomic mass is 10.00. The average molecular weight is 219 g/mol. The summed E-state index contributed by atoms with van der Waals surface area (Å²) in [4.78, 5) is 0. The first kappa shape index (κ1) is 14.1. The molecule has 0 saturated carbocycles. The van der Waals surface area contributed by atoms with Crippen LogP contribution in [0.3, 0.4) is 0 Å². The van der Waals surface area contributed by atoms with Crippen molar-refractivity contribution in [1.82, 2.24) is 5.32 Å². The van der Waals surface area contributed by atoms with Crippen LogP contribution in [0.25, 0.3) is 0 Å². The Morgan fingerprint density at radius 2 is 1.64 bits per heavy atom. The highest BCUT2D eigenvalue weighted by atomic mass is 28.1. The Kier molecular flexibility index (Phi) is 5.89. The van der Waals surface area contributed by atoms with E-state index in [0.717, 1.165) is 23.3 Å². The largest absolute Gasteiger partial charge is 0.372 e. The molecule has 14 heavy (non-hydrogen) atoms. The number of hydrogen-bond donors (Lipinski definition) is 1. The molecule has 0 aliphatic carbocycles. The zero-order valence-corrected chi connectivity index (χ0v) is 12.4. The van der Waals surface area contributed by atoms with Crippen LogP contribution in [0.1, 0.15) is 34.1 Å². The highest BCUT2D eigenvalue weighted by Gasteiger charge is 2.43. The fourth-order valence-electron chi connectivity index (χ4n) is 1.67. The molecule has 0 fully saturated rings. The molecule has 1 N–H and O–H groups in total. The van der Waals surface area contributed by atoms with Crippen LogP contribution in [-0.2, 0) is 9.47 Å². The molecule has 0 radical (unpaired) electrons. The van der Waals surface area contributed by atoms with Crippen molar-refractivity contribution in [3.63, 3.8) is 0 Å². The minimum atomic E-state index is -0.285. The Hall–Kier alpha value is 0.0969. The second-order valence-electron chi connectivity index (χ2n) is 3.73. The van der Waals surface area contributed by atoms with Gasteiger partial charge in [-0.1, -0.05) is 6.92 Å². The van der Waals surface area contributed by atoms with Gasteiger partial charge in [-0.25, -0.2) is 0 Å². The molecule has 0 heterocycles. The molecule has 0 amide bonds. The first-order valence-corrected chi connectivity index (χ1v) is 6.46. The predicted octanol–water partition coefficient (Wildman–Crippen LogP) is 0.467. The summed E-state index contributed by atoms with van der Waals surface area (Å²) >= 11 is 0. The summed E-state index contributed by atoms with van der Waals surface area (Å²) in [5, 5.41) is 2.98. The van der Waals surface area contributed by atoms with Crippen molar-refractivity contribution in [2.75, 3.05) is 20.3 Å². The maximum absolute atomic E-state index is 5.83. The molecule has 0 aliphatic rings. The van der Waals surface area contributed by atoms with Gasteiger partial charge in [-0.3, -0.25) is 5.32 Å². The summed E-state index contributed by atoms with van der Waals surface area (Å²) in [6.45, 7) is 9.74. The second-order valence-corrected chi connectivity index (χ2v) is 5.14. The molecular formula is C10H25NO2Si. The van der Waals surface area contributed by atoms with Crippen molar-refractivity contribution in [1.29, 1.82) is 0 Å². The van der Waals surface area contributed by atoms with E-state index >= 15 is 0 Å². The van der Waals surface area contributed by atoms with Crippen LogP contribution < -0.4 is 5.32 Å². The summed E-state index contributed by atoms with van der Waals surface area (Å²) in [6, 6.07) is 0. The lowest BCUT2D eigenvalue weighted by molar-refractivity contribution is -0.169. The predicted molar refractivity (Wildman–Crippen MR) is 63.7 cm³/mol. The van der Waals surface area contributed by atoms with E-state index in [2.05, 4.69) is 19.2 Å². The molecule has 0 spiro atoms. The zero-order valence-electron chi connectivity index (χ0n) is 10.4. The standard InChI is InChI=1S/C10H25NO2Si/c1-6-9(4,12-7-2)10(14,11-5)13-8-3/h11H,6-8H2,1-5,14H3. The zero-order chi connectivity index (χ0) is 11.2. The number of ether oxygens (including phenoxy) is 2. The minimum absolute atomic E-state index is 0.223. The lowest BCUT2D eigenvalue weighted by Crippen LogP contribution is -2.63. The van der Waals surface area contributed by atoms with Gasteiger partial charge in [0.15, 0.2) is 0 Å². The van der Waals surface area contributed by atoms with E-state index in [1.54, 1.807) is 0 Å². The summed E-state index contributed by atoms with van der Waals surface area (Å²) in [5.41, 5.74) is -0.223. The maximum atomic E-state index is 5.83. The van der Waals surface area contributed by atoms with Crippen LogP contribution >= 0.6 is 0 Å². The van der Waals surface area contributed by atoms with Gasteiger partial charge >= 0.3 is 0 Å². The Balaban J connectivity index is 4.73. The van der Waals surface area contributed by atoms with Gasteiger partial charge in [-0.05, 0) is 34.2 Å². The normalized spacial score (nSPS) is 20.4. The topological polar surface area (TPSA) is 30.5 Å². The molecule has 0 rings (SSSR count). The monoisotopic (exact) mass is 219 g/mol. The highest BCUT2D eigenvalue weighted by molar-refractivity contribution is 6.15. The molecule has 86 valence electrons. The van der Waals surface area contributed by atoms with Gasteiger partial charge in [0.1, 0.15) is 10.9 Å². The van der Waals surface area contributed by atoms with Crippen molar-refractivity contribution in [2.24, 2.45) is 0 Å². The van der Waals surface area contributed by atoms with Gasteiger partial charge in [0.25, 0.3) is 0 Å². The molecule has 0 aliphatic heterocycles. The minimum Gasteiger partial charge on any atom is -0.372 e. The Morgan fingerprint density at radius 1 is 1.14 bits per heavy atom. The van der Waals surface area contributed by atoms with Gasteiger partial charge in [0.2, 0.25) is 0 Å². The van der Waals surface area contributed by atoms with Crippen molar-refractivity contribution in [3.05, 3.63) is 0 Å². The number of hydrogen-bond acceptors (Lipinski definition) is 3. The van der Waals surface area contributed by atoms with Crippen LogP contribution in [0, 0.1) is 0 Å². The summed E-state index contributed by atoms with van der Waals surface area (Å²) < 4.78 is 11.6. The van der Waals surface area contributed by atoms with Crippen LogP contribution in [0.5, 0.6) is 0 Å². The van der Waals surface area contributed by atoms with Crippen molar-refractivity contribution < 1.29 is 9.47 Å². The second kappa shape index (κ2) is 5.85. The third-order valence-corrected chi connectivity index (χ3v) is 4.90. The summed E-state index contributed by atoms with van der Waals surface area (Å²) in [7, 11) is 2.84. The van der Waals surface area contributed by atoms with Crippen molar-refractivity contribution in [2.45, 2.75) is 45.1 Å². The van der Waals surface area contributed by atoms with Gasteiger partial charge in [0, 0.05) is 13.2 Å². The van der Waals surface area contributed by atoms with E-state index in [0.29, 0.717) is 6.61 Å². The lowest BCUT2D eigenvalue weighted by Gasteiger charge is -2.45. The van der Waals surface area contributed by atoms with Gasteiger partial charge < -0.3 is 9.47 Å². The molecular weight excluding hydrogens is 194 g/mol. The maximum Gasteiger partial charge on any atom is 0.122 e. The van der Waals surface area contributed by atoms with E-state index in [1.807, 2.05) is 20.9 Å². The first-order valence-electron chi connectivity index (χ1n) is 5.46. The molecule has 3 nitrogen and oxygen atoms in total. The third-order valence-electron chi connectivity index (χ3n) is 3.06. The number of likely N-dealkylation sites (N-methyl/N-ethyl adjacent to an activating group) is 1. The van der Waals surface area contributed by atoms with E-state index in [9.17, 15) is 0 Å². The quantitative estimate of drug-likeness (QED) is 0.499. The fraction of sp³-hybridized carbons (Fsp3) is 1.00. The van der Waals surface area contributed by atoms with Crippen molar-refractivity contribution in [3.8, 4) is 0 Å². The molecule has 4 heteroatoms. The van der Waals surface area contributed by atoms with E-state index in [-0.39, 0.29) is 10.9 Å². The smallest absolute Gasteiger partial charge is 0.122 e. The van der Waals surface area contributed by atoms with Gasteiger partial charge in [-0.2, -0.15) is 0 Å². The average Bonchev–Trinajstić information content (AvgIpc) is 2.18. The SMILES string of the molecule is CCOC(C)(CC)C([SiH3])(NC)OCC. The molecule has 0 saturated heterocycles. The Bertz CT molecular complexity index is 150. The summed E-state index contributed by atoms with van der Waals surface area (Å²) in [5.74, 6) is 0. The first-order chi connectivity index (χ1) is 6.49. The highest BCUT2D eigenvalue weighted by Crippen LogP contribution is 2.28.